The normalized spacial score (nSPS) is 9.55. The maximum atomic E-state index is 9.95. The van der Waals surface area contributed by atoms with Crippen LogP contribution in [-0.4, -0.2) is 11.1 Å². The fourth-order valence-corrected chi connectivity index (χ4v) is 0.696. The van der Waals surface area contributed by atoms with Gasteiger partial charge in [-0.1, -0.05) is 25.8 Å². The van der Waals surface area contributed by atoms with Crippen LogP contribution in [0.3, 0.4) is 0 Å². The SMILES string of the molecule is CCCCCC=CC(=O)O.[Ag]. The Morgan fingerprint density at radius 2 is 2.09 bits per heavy atom. The molecular formula is C8H14AgO2. The molecule has 0 fully saturated rings. The standard InChI is InChI=1S/C8H14O2.Ag/c1-2-3-4-5-6-7-8(9)10;/h6-7H,2-5H2,1H3,(H,9,10);. The topological polar surface area (TPSA) is 37.3 Å². The molecule has 11 heavy (non-hydrogen) atoms. The number of carboxylic acid groups (broad SMARTS) is 1. The molecule has 2 nitrogen and oxygen atoms in total. The average Bonchev–Trinajstić information content (AvgIpc) is 1.87. The molecule has 0 aromatic carbocycles. The number of hydrogen-bond donors (Lipinski definition) is 1. The Labute approximate surface area is 83.2 Å². The van der Waals surface area contributed by atoms with Crippen LogP contribution in [0.25, 0.3) is 0 Å². The quantitative estimate of drug-likeness (QED) is 0.461. The van der Waals surface area contributed by atoms with Crippen LogP contribution in [0.4, 0.5) is 0 Å². The van der Waals surface area contributed by atoms with E-state index >= 15 is 0 Å². The summed E-state index contributed by atoms with van der Waals surface area (Å²) in [5.74, 6) is -0.850. The van der Waals surface area contributed by atoms with Gasteiger partial charge in [-0.05, 0) is 12.8 Å². The molecule has 0 aromatic heterocycles. The van der Waals surface area contributed by atoms with Gasteiger partial charge in [0, 0.05) is 28.5 Å². The number of carboxylic acids is 1. The smallest absolute Gasteiger partial charge is 0.327 e. The van der Waals surface area contributed by atoms with E-state index in [1.807, 2.05) is 0 Å². The summed E-state index contributed by atoms with van der Waals surface area (Å²) in [5.41, 5.74) is 0. The van der Waals surface area contributed by atoms with Gasteiger partial charge in [0.2, 0.25) is 0 Å². The zero-order chi connectivity index (χ0) is 7.82. The molecule has 0 heterocycles. The molecule has 0 saturated carbocycles. The second-order valence-corrected chi connectivity index (χ2v) is 2.24. The van der Waals surface area contributed by atoms with E-state index < -0.39 is 5.97 Å². The van der Waals surface area contributed by atoms with Crippen molar-refractivity contribution in [1.82, 2.24) is 0 Å². The van der Waals surface area contributed by atoms with Gasteiger partial charge >= 0.3 is 5.97 Å². The molecule has 3 heteroatoms. The third-order valence-electron chi connectivity index (χ3n) is 1.23. The molecule has 0 aromatic rings. The van der Waals surface area contributed by atoms with Gasteiger partial charge in [0.15, 0.2) is 0 Å². The molecule has 69 valence electrons. The zero-order valence-corrected chi connectivity index (χ0v) is 8.12. The minimum Gasteiger partial charge on any atom is -0.478 e. The van der Waals surface area contributed by atoms with E-state index in [4.69, 9.17) is 5.11 Å². The van der Waals surface area contributed by atoms with Crippen molar-refractivity contribution in [2.24, 2.45) is 0 Å². The van der Waals surface area contributed by atoms with Gasteiger partial charge in [-0.2, -0.15) is 0 Å². The first kappa shape index (κ1) is 13.5. The molecule has 0 aliphatic carbocycles. The first-order valence-corrected chi connectivity index (χ1v) is 3.67. The molecule has 1 radical (unpaired) electrons. The monoisotopic (exact) mass is 249 g/mol. The van der Waals surface area contributed by atoms with Gasteiger partial charge in [0.1, 0.15) is 0 Å². The molecule has 0 atom stereocenters. The van der Waals surface area contributed by atoms with Gasteiger partial charge in [-0.25, -0.2) is 4.79 Å². The van der Waals surface area contributed by atoms with E-state index in [2.05, 4.69) is 6.92 Å². The number of hydrogen-bond acceptors (Lipinski definition) is 1. The summed E-state index contributed by atoms with van der Waals surface area (Å²) in [6, 6.07) is 0. The summed E-state index contributed by atoms with van der Waals surface area (Å²) in [4.78, 5) is 9.95. The van der Waals surface area contributed by atoms with Crippen LogP contribution >= 0.6 is 0 Å². The van der Waals surface area contributed by atoms with E-state index in [1.54, 1.807) is 6.08 Å². The summed E-state index contributed by atoms with van der Waals surface area (Å²) in [5, 5.41) is 8.18. The maximum absolute atomic E-state index is 9.95. The third-order valence-corrected chi connectivity index (χ3v) is 1.23. The van der Waals surface area contributed by atoms with Crippen molar-refractivity contribution in [3.63, 3.8) is 0 Å². The Balaban J connectivity index is 0. The van der Waals surface area contributed by atoms with E-state index in [0.717, 1.165) is 12.8 Å². The molecule has 0 rings (SSSR count). The van der Waals surface area contributed by atoms with Gasteiger partial charge < -0.3 is 5.11 Å². The zero-order valence-electron chi connectivity index (χ0n) is 6.64. The van der Waals surface area contributed by atoms with Crippen LogP contribution in [0.2, 0.25) is 0 Å². The fraction of sp³-hybridized carbons (Fsp3) is 0.625. The Morgan fingerprint density at radius 3 is 2.55 bits per heavy atom. The molecule has 0 unspecified atom stereocenters. The van der Waals surface area contributed by atoms with Crippen molar-refractivity contribution < 1.29 is 32.3 Å². The summed E-state index contributed by atoms with van der Waals surface area (Å²) in [6.07, 6.45) is 7.26. The summed E-state index contributed by atoms with van der Waals surface area (Å²) in [6.45, 7) is 2.13. The van der Waals surface area contributed by atoms with Gasteiger partial charge in [-0.3, -0.25) is 0 Å². The first-order chi connectivity index (χ1) is 4.77. The first-order valence-electron chi connectivity index (χ1n) is 3.67. The van der Waals surface area contributed by atoms with Crippen LogP contribution in [-0.2, 0) is 27.2 Å². The maximum Gasteiger partial charge on any atom is 0.327 e. The molecule has 0 spiro atoms. The largest absolute Gasteiger partial charge is 0.478 e. The molecule has 0 saturated heterocycles. The summed E-state index contributed by atoms with van der Waals surface area (Å²) in [7, 11) is 0. The number of unbranched alkanes of at least 4 members (excludes halogenated alkanes) is 3. The van der Waals surface area contributed by atoms with Crippen molar-refractivity contribution in [1.29, 1.82) is 0 Å². The number of allylic oxidation sites excluding steroid dienone is 1. The molecule has 0 aliphatic rings. The molecular weight excluding hydrogens is 236 g/mol. The van der Waals surface area contributed by atoms with Crippen LogP contribution in [0, 0.1) is 0 Å². The Bertz CT molecular complexity index is 121. The van der Waals surface area contributed by atoms with E-state index in [1.165, 1.54) is 18.9 Å². The minimum absolute atomic E-state index is 0. The van der Waals surface area contributed by atoms with E-state index in [-0.39, 0.29) is 22.4 Å². The second kappa shape index (κ2) is 9.95. The molecule has 0 amide bonds. The third kappa shape index (κ3) is 13.0. The second-order valence-electron chi connectivity index (χ2n) is 2.24. The van der Waals surface area contributed by atoms with Crippen molar-refractivity contribution in [2.75, 3.05) is 0 Å². The molecule has 0 aliphatic heterocycles. The van der Waals surface area contributed by atoms with Crippen molar-refractivity contribution >= 4 is 5.97 Å². The molecule has 1 N–H and O–H groups in total. The summed E-state index contributed by atoms with van der Waals surface area (Å²) < 4.78 is 0. The number of carbonyl (C=O) groups is 1. The van der Waals surface area contributed by atoms with Crippen molar-refractivity contribution in [3.8, 4) is 0 Å². The Kier molecular flexibility index (Phi) is 12.2. The van der Waals surface area contributed by atoms with Crippen LogP contribution in [0.15, 0.2) is 12.2 Å². The van der Waals surface area contributed by atoms with Gasteiger partial charge in [0.25, 0.3) is 0 Å². The average molecular weight is 250 g/mol. The predicted molar refractivity (Wildman–Crippen MR) is 40.9 cm³/mol. The minimum atomic E-state index is -0.850. The van der Waals surface area contributed by atoms with Crippen LogP contribution in [0.5, 0.6) is 0 Å². The number of aliphatic carboxylic acids is 1. The van der Waals surface area contributed by atoms with Crippen LogP contribution in [0.1, 0.15) is 32.6 Å². The summed E-state index contributed by atoms with van der Waals surface area (Å²) >= 11 is 0. The van der Waals surface area contributed by atoms with Gasteiger partial charge in [0.05, 0.1) is 0 Å². The Morgan fingerprint density at radius 1 is 1.45 bits per heavy atom. The van der Waals surface area contributed by atoms with Crippen molar-refractivity contribution in [3.05, 3.63) is 12.2 Å². The van der Waals surface area contributed by atoms with Crippen LogP contribution < -0.4 is 0 Å². The van der Waals surface area contributed by atoms with E-state index in [0.29, 0.717) is 0 Å². The van der Waals surface area contributed by atoms with Crippen molar-refractivity contribution in [2.45, 2.75) is 32.6 Å². The predicted octanol–water partition coefficient (Wildman–Crippen LogP) is 2.20. The van der Waals surface area contributed by atoms with E-state index in [9.17, 15) is 4.79 Å². The molecule has 0 bridgehead atoms. The van der Waals surface area contributed by atoms with Gasteiger partial charge in [-0.15, -0.1) is 0 Å². The fourth-order valence-electron chi connectivity index (χ4n) is 0.696. The number of rotatable bonds is 5. The Hall–Kier alpha value is -0.0497.